The maximum Gasteiger partial charge on any atom is 0.126 e. The minimum absolute atomic E-state index is 0.492. The van der Waals surface area contributed by atoms with Gasteiger partial charge in [0, 0.05) is 18.9 Å². The van der Waals surface area contributed by atoms with Crippen molar-refractivity contribution < 1.29 is 0 Å². The molecule has 0 aliphatic heterocycles. The van der Waals surface area contributed by atoms with E-state index in [0.717, 1.165) is 30.8 Å². The molecule has 100 valence electrons. The molecule has 3 nitrogen and oxygen atoms in total. The molecule has 18 heavy (non-hydrogen) atoms. The van der Waals surface area contributed by atoms with E-state index in [-0.39, 0.29) is 0 Å². The van der Waals surface area contributed by atoms with Crippen LogP contribution in [0.3, 0.4) is 0 Å². The number of imidazole rings is 1. The minimum atomic E-state index is 0.492. The summed E-state index contributed by atoms with van der Waals surface area (Å²) in [7, 11) is 0. The number of nitrogens with one attached hydrogen (secondary N) is 1. The molecule has 3 heteroatoms. The molecule has 0 aromatic carbocycles. The zero-order chi connectivity index (χ0) is 12.5. The molecule has 2 aliphatic carbocycles. The molecule has 0 spiro atoms. The van der Waals surface area contributed by atoms with Crippen LogP contribution in [0.4, 0.5) is 0 Å². The Hall–Kier alpha value is -0.830. The van der Waals surface area contributed by atoms with E-state index >= 15 is 0 Å². The highest BCUT2D eigenvalue weighted by atomic mass is 15.1. The second-order valence-corrected chi connectivity index (χ2v) is 5.85. The Morgan fingerprint density at radius 1 is 1.39 bits per heavy atom. The third kappa shape index (κ3) is 1.99. The lowest BCUT2D eigenvalue weighted by Gasteiger charge is -2.20. The summed E-state index contributed by atoms with van der Waals surface area (Å²) in [5.74, 6) is 4.11. The molecule has 2 saturated carbocycles. The normalized spacial score (nSPS) is 31.3. The topological polar surface area (TPSA) is 29.9 Å². The lowest BCUT2D eigenvalue weighted by Crippen LogP contribution is -2.27. The van der Waals surface area contributed by atoms with E-state index in [9.17, 15) is 0 Å². The highest BCUT2D eigenvalue weighted by Crippen LogP contribution is 2.61. The third-order valence-electron chi connectivity index (χ3n) is 4.77. The number of rotatable bonds is 6. The van der Waals surface area contributed by atoms with Crippen LogP contribution < -0.4 is 5.32 Å². The average molecular weight is 247 g/mol. The van der Waals surface area contributed by atoms with Crippen molar-refractivity contribution in [2.24, 2.45) is 17.8 Å². The van der Waals surface area contributed by atoms with Gasteiger partial charge in [0.05, 0.1) is 6.04 Å². The quantitative estimate of drug-likeness (QED) is 0.837. The van der Waals surface area contributed by atoms with Gasteiger partial charge in [-0.3, -0.25) is 0 Å². The predicted molar refractivity (Wildman–Crippen MR) is 73.3 cm³/mol. The van der Waals surface area contributed by atoms with Gasteiger partial charge in [0.15, 0.2) is 0 Å². The SMILES string of the molecule is CCCn1ccnc1C(NCC)C1C2CCCC21. The Balaban J connectivity index is 1.78. The molecule has 1 aromatic heterocycles. The molecular formula is C15H25N3. The van der Waals surface area contributed by atoms with Crippen LogP contribution >= 0.6 is 0 Å². The zero-order valence-corrected chi connectivity index (χ0v) is 11.6. The van der Waals surface area contributed by atoms with Crippen molar-refractivity contribution >= 4 is 0 Å². The molecule has 3 unspecified atom stereocenters. The Bertz CT molecular complexity index is 388. The molecule has 2 fully saturated rings. The first-order valence-electron chi connectivity index (χ1n) is 7.61. The second kappa shape index (κ2) is 5.04. The van der Waals surface area contributed by atoms with Crippen LogP contribution in [-0.4, -0.2) is 16.1 Å². The van der Waals surface area contributed by atoms with Crippen LogP contribution in [0.5, 0.6) is 0 Å². The molecular weight excluding hydrogens is 222 g/mol. The van der Waals surface area contributed by atoms with Crippen LogP contribution in [0.2, 0.25) is 0 Å². The third-order valence-corrected chi connectivity index (χ3v) is 4.77. The number of aryl methyl sites for hydroxylation is 1. The van der Waals surface area contributed by atoms with Gasteiger partial charge in [-0.2, -0.15) is 0 Å². The smallest absolute Gasteiger partial charge is 0.126 e. The Morgan fingerprint density at radius 2 is 2.17 bits per heavy atom. The van der Waals surface area contributed by atoms with E-state index in [1.807, 2.05) is 6.20 Å². The monoisotopic (exact) mass is 247 g/mol. The first-order valence-corrected chi connectivity index (χ1v) is 7.61. The van der Waals surface area contributed by atoms with Crippen molar-refractivity contribution in [1.29, 1.82) is 0 Å². The second-order valence-electron chi connectivity index (χ2n) is 5.85. The summed E-state index contributed by atoms with van der Waals surface area (Å²) in [6, 6.07) is 0.492. The van der Waals surface area contributed by atoms with E-state index in [4.69, 9.17) is 0 Å². The maximum atomic E-state index is 4.64. The van der Waals surface area contributed by atoms with Crippen molar-refractivity contribution in [2.75, 3.05) is 6.54 Å². The van der Waals surface area contributed by atoms with Crippen LogP contribution in [0, 0.1) is 17.8 Å². The van der Waals surface area contributed by atoms with E-state index in [1.165, 1.54) is 31.5 Å². The summed E-state index contributed by atoms with van der Waals surface area (Å²) < 4.78 is 2.35. The van der Waals surface area contributed by atoms with Gasteiger partial charge >= 0.3 is 0 Å². The Kier molecular flexibility index (Phi) is 3.42. The average Bonchev–Trinajstić information content (AvgIpc) is 2.77. The molecule has 1 N–H and O–H groups in total. The standard InChI is InChI=1S/C15H25N3/c1-3-9-18-10-8-17-15(18)14(16-4-2)13-11-6-5-7-12(11)13/h8,10-14,16H,3-7,9H2,1-2H3. The number of nitrogens with zero attached hydrogens (tertiary/aromatic N) is 2. The van der Waals surface area contributed by atoms with Crippen molar-refractivity contribution in [3.63, 3.8) is 0 Å². The van der Waals surface area contributed by atoms with Gasteiger partial charge in [-0.15, -0.1) is 0 Å². The summed E-state index contributed by atoms with van der Waals surface area (Å²) in [6.07, 6.45) is 9.64. The highest BCUT2D eigenvalue weighted by molar-refractivity contribution is 5.13. The molecule has 2 aliphatic rings. The molecule has 1 aromatic rings. The first-order chi connectivity index (χ1) is 8.86. The zero-order valence-electron chi connectivity index (χ0n) is 11.6. The lowest BCUT2D eigenvalue weighted by atomic mass is 10.0. The van der Waals surface area contributed by atoms with E-state index < -0.39 is 0 Å². The van der Waals surface area contributed by atoms with Crippen molar-refractivity contribution in [3.05, 3.63) is 18.2 Å². The number of hydrogen-bond donors (Lipinski definition) is 1. The van der Waals surface area contributed by atoms with Crippen LogP contribution in [-0.2, 0) is 6.54 Å². The summed E-state index contributed by atoms with van der Waals surface area (Å²) >= 11 is 0. The fourth-order valence-corrected chi connectivity index (χ4v) is 4.02. The van der Waals surface area contributed by atoms with Gasteiger partial charge in [-0.25, -0.2) is 4.98 Å². The molecule has 0 saturated heterocycles. The number of aromatic nitrogens is 2. The summed E-state index contributed by atoms with van der Waals surface area (Å²) in [5.41, 5.74) is 0. The van der Waals surface area contributed by atoms with E-state index in [0.29, 0.717) is 6.04 Å². The fourth-order valence-electron chi connectivity index (χ4n) is 4.02. The van der Waals surface area contributed by atoms with Gasteiger partial charge in [-0.1, -0.05) is 20.3 Å². The largest absolute Gasteiger partial charge is 0.334 e. The Morgan fingerprint density at radius 3 is 2.83 bits per heavy atom. The van der Waals surface area contributed by atoms with Gasteiger partial charge < -0.3 is 9.88 Å². The van der Waals surface area contributed by atoms with Crippen molar-refractivity contribution in [2.45, 2.75) is 52.1 Å². The van der Waals surface area contributed by atoms with Crippen LogP contribution in [0.1, 0.15) is 51.4 Å². The molecule has 0 radical (unpaired) electrons. The summed E-state index contributed by atoms with van der Waals surface area (Å²) in [5, 5.41) is 3.69. The fraction of sp³-hybridized carbons (Fsp3) is 0.800. The van der Waals surface area contributed by atoms with E-state index in [2.05, 4.69) is 34.9 Å². The molecule has 0 amide bonds. The maximum absolute atomic E-state index is 4.64. The van der Waals surface area contributed by atoms with Crippen LogP contribution in [0.15, 0.2) is 12.4 Å². The Labute approximate surface area is 110 Å². The van der Waals surface area contributed by atoms with Crippen LogP contribution in [0.25, 0.3) is 0 Å². The van der Waals surface area contributed by atoms with Gasteiger partial charge in [0.25, 0.3) is 0 Å². The van der Waals surface area contributed by atoms with Gasteiger partial charge in [0.2, 0.25) is 0 Å². The molecule has 1 heterocycles. The van der Waals surface area contributed by atoms with E-state index in [1.54, 1.807) is 0 Å². The summed E-state index contributed by atoms with van der Waals surface area (Å²) in [4.78, 5) is 4.64. The van der Waals surface area contributed by atoms with Gasteiger partial charge in [-0.05, 0) is 43.6 Å². The highest BCUT2D eigenvalue weighted by Gasteiger charge is 2.56. The van der Waals surface area contributed by atoms with Crippen molar-refractivity contribution in [1.82, 2.24) is 14.9 Å². The molecule has 3 rings (SSSR count). The first kappa shape index (κ1) is 12.2. The lowest BCUT2D eigenvalue weighted by molar-refractivity contribution is 0.394. The van der Waals surface area contributed by atoms with Gasteiger partial charge in [0.1, 0.15) is 5.82 Å². The predicted octanol–water partition coefficient (Wildman–Crippen LogP) is 2.99. The number of hydrogen-bond acceptors (Lipinski definition) is 2. The summed E-state index contributed by atoms with van der Waals surface area (Å²) in [6.45, 7) is 6.58. The van der Waals surface area contributed by atoms with Crippen molar-refractivity contribution in [3.8, 4) is 0 Å². The molecule has 3 atom stereocenters. The molecule has 0 bridgehead atoms. The minimum Gasteiger partial charge on any atom is -0.334 e. The number of fused-ring (bicyclic) bond motifs is 1.